The molecule has 3 aromatic carbocycles. The normalized spacial score (nSPS) is 12.7. The van der Waals surface area contributed by atoms with Crippen LogP contribution in [-0.2, 0) is 17.6 Å². The second kappa shape index (κ2) is 8.80. The molecule has 1 heterocycles. The summed E-state index contributed by atoms with van der Waals surface area (Å²) in [6, 6.07) is 26.8. The van der Waals surface area contributed by atoms with E-state index < -0.39 is 17.6 Å². The molecule has 5 rings (SSSR count). The summed E-state index contributed by atoms with van der Waals surface area (Å²) in [7, 11) is 0. The first-order chi connectivity index (χ1) is 16.6. The van der Waals surface area contributed by atoms with Gasteiger partial charge in [-0.05, 0) is 55.2 Å². The van der Waals surface area contributed by atoms with E-state index in [2.05, 4.69) is 16.5 Å². The Labute approximate surface area is 197 Å². The third-order valence-electron chi connectivity index (χ3n) is 6.07. The summed E-state index contributed by atoms with van der Waals surface area (Å²) in [5.41, 5.74) is 6.31. The zero-order valence-electron chi connectivity index (χ0n) is 18.7. The fourth-order valence-corrected chi connectivity index (χ4v) is 4.46. The van der Waals surface area contributed by atoms with Crippen LogP contribution in [0.1, 0.15) is 27.2 Å². The van der Waals surface area contributed by atoms with Gasteiger partial charge in [-0.3, -0.25) is 9.59 Å². The lowest BCUT2D eigenvalue weighted by Gasteiger charge is -2.18. The van der Waals surface area contributed by atoms with Gasteiger partial charge in [0.1, 0.15) is 5.69 Å². The first-order valence-electron chi connectivity index (χ1n) is 11.1. The topological polar surface area (TPSA) is 87.8 Å². The van der Waals surface area contributed by atoms with E-state index >= 15 is 0 Å². The SMILES string of the molecule is Cc1cccc(NC(=O)C(C#N)C(=O)c2nn(-c3ccccc3)c3c2CCc2ccccc2-3)c1. The largest absolute Gasteiger partial charge is 0.325 e. The van der Waals surface area contributed by atoms with Crippen LogP contribution in [0.3, 0.4) is 0 Å². The molecule has 4 aromatic rings. The van der Waals surface area contributed by atoms with E-state index in [9.17, 15) is 14.9 Å². The summed E-state index contributed by atoms with van der Waals surface area (Å²) in [6.45, 7) is 1.91. The van der Waals surface area contributed by atoms with E-state index in [0.29, 0.717) is 12.1 Å². The number of nitrogens with zero attached hydrogens (tertiary/aromatic N) is 3. The molecule has 1 N–H and O–H groups in total. The van der Waals surface area contributed by atoms with Crippen LogP contribution >= 0.6 is 0 Å². The molecular formula is C28H22N4O2. The molecule has 1 amide bonds. The second-order valence-electron chi connectivity index (χ2n) is 8.37. The van der Waals surface area contributed by atoms with Gasteiger partial charge >= 0.3 is 0 Å². The van der Waals surface area contributed by atoms with Crippen LogP contribution in [0.2, 0.25) is 0 Å². The third-order valence-corrected chi connectivity index (χ3v) is 6.07. The highest BCUT2D eigenvalue weighted by molar-refractivity contribution is 6.15. The maximum atomic E-state index is 13.5. The number of nitriles is 1. The fourth-order valence-electron chi connectivity index (χ4n) is 4.46. The van der Waals surface area contributed by atoms with Crippen molar-refractivity contribution in [2.45, 2.75) is 19.8 Å². The summed E-state index contributed by atoms with van der Waals surface area (Å²) in [4.78, 5) is 26.5. The van der Waals surface area contributed by atoms with Gasteiger partial charge in [0.25, 0.3) is 0 Å². The predicted molar refractivity (Wildman–Crippen MR) is 130 cm³/mol. The third kappa shape index (κ3) is 3.78. The van der Waals surface area contributed by atoms with Gasteiger partial charge in [0.2, 0.25) is 11.7 Å². The molecule has 1 unspecified atom stereocenters. The molecular weight excluding hydrogens is 424 g/mol. The summed E-state index contributed by atoms with van der Waals surface area (Å²) in [5.74, 6) is -2.74. The highest BCUT2D eigenvalue weighted by Crippen LogP contribution is 2.37. The lowest BCUT2D eigenvalue weighted by atomic mass is 9.87. The van der Waals surface area contributed by atoms with E-state index in [1.807, 2.05) is 73.7 Å². The second-order valence-corrected chi connectivity index (χ2v) is 8.37. The first-order valence-corrected chi connectivity index (χ1v) is 11.1. The average molecular weight is 447 g/mol. The monoisotopic (exact) mass is 446 g/mol. The van der Waals surface area contributed by atoms with Crippen LogP contribution in [0.5, 0.6) is 0 Å². The molecule has 6 nitrogen and oxygen atoms in total. The molecule has 34 heavy (non-hydrogen) atoms. The summed E-state index contributed by atoms with van der Waals surface area (Å²) >= 11 is 0. The number of aryl methyl sites for hydroxylation is 2. The number of carbonyl (C=O) groups excluding carboxylic acids is 2. The molecule has 0 aliphatic heterocycles. The number of nitrogens with one attached hydrogen (secondary N) is 1. The maximum absolute atomic E-state index is 13.5. The van der Waals surface area contributed by atoms with Gasteiger partial charge in [0, 0.05) is 16.8 Å². The van der Waals surface area contributed by atoms with Gasteiger partial charge in [0.05, 0.1) is 17.5 Å². The average Bonchev–Trinajstić information content (AvgIpc) is 3.25. The summed E-state index contributed by atoms with van der Waals surface area (Å²) in [6.07, 6.45) is 1.37. The Kier molecular flexibility index (Phi) is 5.52. The number of anilines is 1. The minimum Gasteiger partial charge on any atom is -0.325 e. The maximum Gasteiger partial charge on any atom is 0.249 e. The van der Waals surface area contributed by atoms with Crippen LogP contribution < -0.4 is 5.32 Å². The number of benzene rings is 3. The molecule has 6 heteroatoms. The van der Waals surface area contributed by atoms with Gasteiger partial charge in [-0.15, -0.1) is 0 Å². The van der Waals surface area contributed by atoms with Crippen molar-refractivity contribution in [2.24, 2.45) is 5.92 Å². The van der Waals surface area contributed by atoms with Gasteiger partial charge < -0.3 is 5.32 Å². The van der Waals surface area contributed by atoms with Crippen LogP contribution in [0.4, 0.5) is 5.69 Å². The number of rotatable bonds is 5. The van der Waals surface area contributed by atoms with Crippen LogP contribution in [0.15, 0.2) is 78.9 Å². The fraction of sp³-hybridized carbons (Fsp3) is 0.143. The molecule has 1 aliphatic rings. The zero-order chi connectivity index (χ0) is 23.7. The Balaban J connectivity index is 1.57. The predicted octanol–water partition coefficient (Wildman–Crippen LogP) is 4.91. The number of hydrogen-bond donors (Lipinski definition) is 1. The Hall–Kier alpha value is -4.50. The number of fused-ring (bicyclic) bond motifs is 3. The van der Waals surface area contributed by atoms with E-state index in [1.54, 1.807) is 16.8 Å². The standard InChI is InChI=1S/C28H22N4O2/c1-18-8-7-10-20(16-18)30-28(34)24(17-29)27(33)25-23-15-14-19-9-5-6-13-22(19)26(23)32(31-25)21-11-3-2-4-12-21/h2-13,16,24H,14-15H2,1H3,(H,30,34). The number of carbonyl (C=O) groups is 2. The lowest BCUT2D eigenvalue weighted by Crippen LogP contribution is -2.29. The van der Waals surface area contributed by atoms with E-state index in [-0.39, 0.29) is 5.69 Å². The number of amides is 1. The van der Waals surface area contributed by atoms with Crippen LogP contribution in [0.25, 0.3) is 16.9 Å². The Morgan fingerprint density at radius 1 is 1.00 bits per heavy atom. The highest BCUT2D eigenvalue weighted by atomic mass is 16.2. The van der Waals surface area contributed by atoms with Gasteiger partial charge in [0.15, 0.2) is 5.92 Å². The molecule has 0 fully saturated rings. The van der Waals surface area contributed by atoms with E-state index in [0.717, 1.165) is 34.5 Å². The smallest absolute Gasteiger partial charge is 0.249 e. The number of ketones is 1. The van der Waals surface area contributed by atoms with Crippen LogP contribution in [-0.4, -0.2) is 21.5 Å². The van der Waals surface area contributed by atoms with Crippen molar-refractivity contribution in [1.29, 1.82) is 5.26 Å². The van der Waals surface area contributed by atoms with Crippen molar-refractivity contribution >= 4 is 17.4 Å². The van der Waals surface area contributed by atoms with Crippen molar-refractivity contribution in [1.82, 2.24) is 9.78 Å². The number of aromatic nitrogens is 2. The van der Waals surface area contributed by atoms with Gasteiger partial charge in [-0.25, -0.2) is 4.68 Å². The van der Waals surface area contributed by atoms with Gasteiger partial charge in [-0.2, -0.15) is 10.4 Å². The Bertz CT molecular complexity index is 1450. The van der Waals surface area contributed by atoms with E-state index in [1.165, 1.54) is 5.56 Å². The molecule has 1 atom stereocenters. The summed E-state index contributed by atoms with van der Waals surface area (Å²) < 4.78 is 1.76. The zero-order valence-corrected chi connectivity index (χ0v) is 18.7. The molecule has 1 aromatic heterocycles. The number of hydrogen-bond acceptors (Lipinski definition) is 4. The van der Waals surface area contributed by atoms with Crippen LogP contribution in [0, 0.1) is 24.2 Å². The Morgan fingerprint density at radius 3 is 2.53 bits per heavy atom. The number of Topliss-reactive ketones (excluding diaryl/α,β-unsaturated/α-hetero) is 1. The molecule has 0 radical (unpaired) electrons. The molecule has 166 valence electrons. The van der Waals surface area contributed by atoms with Crippen molar-refractivity contribution in [3.63, 3.8) is 0 Å². The molecule has 1 aliphatic carbocycles. The van der Waals surface area contributed by atoms with Crippen molar-refractivity contribution < 1.29 is 9.59 Å². The van der Waals surface area contributed by atoms with E-state index in [4.69, 9.17) is 0 Å². The molecule has 0 bridgehead atoms. The summed E-state index contributed by atoms with van der Waals surface area (Å²) in [5, 5.41) is 17.2. The van der Waals surface area contributed by atoms with Crippen molar-refractivity contribution in [2.75, 3.05) is 5.32 Å². The quantitative estimate of drug-likeness (QED) is 0.349. The first kappa shape index (κ1) is 21.4. The minimum absolute atomic E-state index is 0.180. The lowest BCUT2D eigenvalue weighted by molar-refractivity contribution is -0.117. The molecule has 0 saturated heterocycles. The van der Waals surface area contributed by atoms with Crippen molar-refractivity contribution in [3.05, 3.63) is 101 Å². The van der Waals surface area contributed by atoms with Gasteiger partial charge in [-0.1, -0.05) is 54.6 Å². The minimum atomic E-state index is -1.50. The number of para-hydroxylation sites is 1. The molecule has 0 spiro atoms. The Morgan fingerprint density at radius 2 is 1.76 bits per heavy atom. The highest BCUT2D eigenvalue weighted by Gasteiger charge is 2.35. The molecule has 0 saturated carbocycles. The van der Waals surface area contributed by atoms with Crippen molar-refractivity contribution in [3.8, 4) is 23.0 Å².